The summed E-state index contributed by atoms with van der Waals surface area (Å²) in [6.45, 7) is -0.579. The molecule has 16 heteroatoms. The van der Waals surface area contributed by atoms with Crippen molar-refractivity contribution in [1.29, 1.82) is 0 Å². The molecule has 0 aromatic heterocycles. The third-order valence-electron chi connectivity index (χ3n) is 9.90. The molecule has 6 N–H and O–H groups in total. The van der Waals surface area contributed by atoms with E-state index in [1.807, 2.05) is 0 Å². The van der Waals surface area contributed by atoms with Crippen LogP contribution in [0.4, 0.5) is 0 Å². The van der Waals surface area contributed by atoms with Gasteiger partial charge in [-0.2, -0.15) is 0 Å². The number of rotatable bonds is 8. The highest BCUT2D eigenvalue weighted by Gasteiger charge is 2.59. The van der Waals surface area contributed by atoms with E-state index in [0.29, 0.717) is 19.3 Å². The van der Waals surface area contributed by atoms with Crippen LogP contribution in [0, 0.1) is 17.8 Å². The van der Waals surface area contributed by atoms with Gasteiger partial charge < -0.3 is 63.8 Å². The first kappa shape index (κ1) is 34.3. The number of carbonyl (C=O) groups is 3. The second kappa shape index (κ2) is 14.4. The van der Waals surface area contributed by atoms with E-state index in [-0.39, 0.29) is 31.1 Å². The molecule has 11 unspecified atom stereocenters. The van der Waals surface area contributed by atoms with Crippen molar-refractivity contribution >= 4 is 17.9 Å². The lowest BCUT2D eigenvalue weighted by molar-refractivity contribution is -0.350. The van der Waals surface area contributed by atoms with E-state index in [9.17, 15) is 45.0 Å². The maximum Gasteiger partial charge on any atom is 0.334 e. The molecule has 3 aliphatic heterocycles. The van der Waals surface area contributed by atoms with Crippen LogP contribution in [0.1, 0.15) is 44.9 Å². The Bertz CT molecular complexity index is 1060. The summed E-state index contributed by atoms with van der Waals surface area (Å²) in [6.07, 6.45) is -13.6. The largest absolute Gasteiger partial charge is 0.469 e. The number of aliphatic hydroxyl groups is 6. The summed E-state index contributed by atoms with van der Waals surface area (Å²) in [6, 6.07) is 0. The predicted molar refractivity (Wildman–Crippen MR) is 145 cm³/mol. The highest BCUT2D eigenvalue weighted by atomic mass is 16.7. The number of hydrogen-bond acceptors (Lipinski definition) is 16. The molecular weight excluding hydrogens is 604 g/mol. The van der Waals surface area contributed by atoms with E-state index >= 15 is 0 Å². The number of methoxy groups -OCH3 is 2. The van der Waals surface area contributed by atoms with E-state index in [0.717, 1.165) is 7.11 Å². The SMILES string of the molecule is COC(=O)CC(=O)OC[C@H]1O[C@@H](OC2C3CC(C(=O)OC)OC4CC(O)CC(OC2C2CCC(O)C(O)C2)C43)[C@H](O)[C@@H](O)[C@@H]1O. The molecule has 3 saturated heterocycles. The van der Waals surface area contributed by atoms with Crippen LogP contribution in [0.25, 0.3) is 0 Å². The van der Waals surface area contributed by atoms with Gasteiger partial charge in [0.2, 0.25) is 0 Å². The molecule has 5 fully saturated rings. The molecule has 256 valence electrons. The molecule has 0 aromatic rings. The Morgan fingerprint density at radius 2 is 1.47 bits per heavy atom. The molecule has 16 atom stereocenters. The average Bonchev–Trinajstić information content (AvgIpc) is 3.01. The highest BCUT2D eigenvalue weighted by molar-refractivity contribution is 5.91. The molecule has 5 aliphatic rings. The lowest BCUT2D eigenvalue weighted by Crippen LogP contribution is -2.67. The molecule has 16 nitrogen and oxygen atoms in total. The Hall–Kier alpha value is -1.99. The Labute approximate surface area is 259 Å². The Balaban J connectivity index is 1.41. The zero-order chi connectivity index (χ0) is 32.6. The first-order valence-electron chi connectivity index (χ1n) is 15.4. The summed E-state index contributed by atoms with van der Waals surface area (Å²) >= 11 is 0. The summed E-state index contributed by atoms with van der Waals surface area (Å²) in [5, 5.41) is 63.6. The predicted octanol–water partition coefficient (Wildman–Crippen LogP) is -2.71. The molecule has 0 amide bonds. The van der Waals surface area contributed by atoms with Gasteiger partial charge in [0.05, 0.1) is 56.9 Å². The number of carbonyl (C=O) groups excluding carboxylic acids is 3. The van der Waals surface area contributed by atoms with Crippen molar-refractivity contribution in [3.8, 4) is 0 Å². The first-order valence-corrected chi connectivity index (χ1v) is 15.4. The van der Waals surface area contributed by atoms with Crippen LogP contribution in [0.15, 0.2) is 0 Å². The van der Waals surface area contributed by atoms with Crippen molar-refractivity contribution in [1.82, 2.24) is 0 Å². The molecule has 0 radical (unpaired) electrons. The fourth-order valence-corrected chi connectivity index (χ4v) is 7.62. The molecular formula is C29H44O16. The summed E-state index contributed by atoms with van der Waals surface area (Å²) in [5.74, 6) is -3.52. The van der Waals surface area contributed by atoms with Crippen LogP contribution in [0.5, 0.6) is 0 Å². The van der Waals surface area contributed by atoms with Crippen LogP contribution >= 0.6 is 0 Å². The molecule has 0 spiro atoms. The van der Waals surface area contributed by atoms with Crippen molar-refractivity contribution in [2.24, 2.45) is 17.8 Å². The van der Waals surface area contributed by atoms with Gasteiger partial charge in [0.15, 0.2) is 12.4 Å². The second-order valence-corrected chi connectivity index (χ2v) is 12.7. The average molecular weight is 649 g/mol. The monoisotopic (exact) mass is 648 g/mol. The van der Waals surface area contributed by atoms with Crippen molar-refractivity contribution in [3.63, 3.8) is 0 Å². The fourth-order valence-electron chi connectivity index (χ4n) is 7.62. The zero-order valence-corrected chi connectivity index (χ0v) is 25.2. The van der Waals surface area contributed by atoms with Crippen LogP contribution in [0.3, 0.4) is 0 Å². The smallest absolute Gasteiger partial charge is 0.334 e. The van der Waals surface area contributed by atoms with Crippen LogP contribution in [-0.4, -0.2) is 149 Å². The minimum Gasteiger partial charge on any atom is -0.469 e. The van der Waals surface area contributed by atoms with Gasteiger partial charge in [-0.3, -0.25) is 9.59 Å². The maximum atomic E-state index is 12.7. The van der Waals surface area contributed by atoms with E-state index in [1.165, 1.54) is 7.11 Å². The van der Waals surface area contributed by atoms with E-state index in [2.05, 4.69) is 4.74 Å². The van der Waals surface area contributed by atoms with Crippen molar-refractivity contribution < 1.29 is 78.2 Å². The molecule has 2 saturated carbocycles. The molecule has 0 bridgehead atoms. The highest BCUT2D eigenvalue weighted by Crippen LogP contribution is 2.51. The molecule has 45 heavy (non-hydrogen) atoms. The quantitative estimate of drug-likeness (QED) is 0.0891. The third-order valence-corrected chi connectivity index (χ3v) is 9.90. The van der Waals surface area contributed by atoms with Crippen LogP contribution in [0.2, 0.25) is 0 Å². The van der Waals surface area contributed by atoms with E-state index < -0.39 is 116 Å². The molecule has 2 aliphatic carbocycles. The lowest BCUT2D eigenvalue weighted by Gasteiger charge is -2.58. The topological polar surface area (TPSA) is 237 Å². The molecule has 5 rings (SSSR count). The summed E-state index contributed by atoms with van der Waals surface area (Å²) < 4.78 is 39.4. The number of aliphatic hydroxyl groups excluding tert-OH is 6. The van der Waals surface area contributed by atoms with Gasteiger partial charge in [-0.25, -0.2) is 4.79 Å². The van der Waals surface area contributed by atoms with Crippen molar-refractivity contribution in [2.45, 2.75) is 124 Å². The normalized spacial score (nSPS) is 46.4. The Morgan fingerprint density at radius 3 is 2.13 bits per heavy atom. The van der Waals surface area contributed by atoms with Gasteiger partial charge in [0, 0.05) is 12.3 Å². The lowest BCUT2D eigenvalue weighted by atomic mass is 9.64. The summed E-state index contributed by atoms with van der Waals surface area (Å²) in [4.78, 5) is 36.1. The van der Waals surface area contributed by atoms with Gasteiger partial charge >= 0.3 is 17.9 Å². The second-order valence-electron chi connectivity index (χ2n) is 12.7. The van der Waals surface area contributed by atoms with Gasteiger partial charge in [-0.1, -0.05) is 0 Å². The minimum atomic E-state index is -1.77. The molecule has 0 aromatic carbocycles. The Morgan fingerprint density at radius 1 is 0.756 bits per heavy atom. The maximum absolute atomic E-state index is 12.7. The van der Waals surface area contributed by atoms with Crippen LogP contribution in [-0.2, 0) is 47.5 Å². The van der Waals surface area contributed by atoms with Gasteiger partial charge in [0.25, 0.3) is 0 Å². The first-order chi connectivity index (χ1) is 21.4. The number of ether oxygens (including phenoxy) is 7. The fraction of sp³-hybridized carbons (Fsp3) is 0.897. The Kier molecular flexibility index (Phi) is 11.0. The van der Waals surface area contributed by atoms with Gasteiger partial charge in [-0.15, -0.1) is 0 Å². The van der Waals surface area contributed by atoms with Crippen molar-refractivity contribution in [3.05, 3.63) is 0 Å². The van der Waals surface area contributed by atoms with E-state index in [4.69, 9.17) is 28.4 Å². The van der Waals surface area contributed by atoms with Gasteiger partial charge in [-0.05, 0) is 43.9 Å². The molecule has 3 heterocycles. The standard InChI is InChI=1S/C29H44O16/c1-39-20(33)9-21(34)41-10-19-23(35)24(36)25(37)29(44-19)45-27-13-8-18(28(38)40-2)42-16-6-12(30)7-17(22(13)16)43-26(27)11-3-4-14(31)15(32)5-11/h11-19,22-27,29-32,35-37H,3-10H2,1-2H3/t11?,12?,13?,14?,15?,16?,17?,18?,19-,22?,23-,24+,25-,26?,27?,29+/m1/s1. The number of esters is 3. The summed E-state index contributed by atoms with van der Waals surface area (Å²) in [7, 11) is 2.34. The number of hydrogen-bond donors (Lipinski definition) is 6. The zero-order valence-electron chi connectivity index (χ0n) is 25.2. The summed E-state index contributed by atoms with van der Waals surface area (Å²) in [5.41, 5.74) is 0. The van der Waals surface area contributed by atoms with E-state index in [1.54, 1.807) is 0 Å². The van der Waals surface area contributed by atoms with Crippen LogP contribution < -0.4 is 0 Å². The van der Waals surface area contributed by atoms with Gasteiger partial charge in [0.1, 0.15) is 37.4 Å². The van der Waals surface area contributed by atoms with Crippen molar-refractivity contribution in [2.75, 3.05) is 20.8 Å². The third kappa shape index (κ3) is 7.30. The minimum absolute atomic E-state index is 0.144.